The van der Waals surface area contributed by atoms with Crippen LogP contribution >= 0.6 is 0 Å². The van der Waals surface area contributed by atoms with Gasteiger partial charge >= 0.3 is 12.5 Å². The molecule has 0 unspecified atom stereocenters. The quantitative estimate of drug-likeness (QED) is 0.791. The predicted molar refractivity (Wildman–Crippen MR) is 65.2 cm³/mol. The SMILES string of the molecule is Oc1cccc(C(F)(F)F)c1-c1ccccc1OC(F)(F)F. The maximum absolute atomic E-state index is 13.0. The molecule has 0 saturated heterocycles. The van der Waals surface area contributed by atoms with Gasteiger partial charge in [0.2, 0.25) is 0 Å². The van der Waals surface area contributed by atoms with E-state index in [1.54, 1.807) is 0 Å². The summed E-state index contributed by atoms with van der Waals surface area (Å²) in [6, 6.07) is 6.87. The van der Waals surface area contributed by atoms with Crippen molar-refractivity contribution in [3.8, 4) is 22.6 Å². The van der Waals surface area contributed by atoms with Crippen molar-refractivity contribution in [3.63, 3.8) is 0 Å². The zero-order valence-electron chi connectivity index (χ0n) is 10.7. The minimum atomic E-state index is -5.07. The van der Waals surface area contributed by atoms with E-state index in [-0.39, 0.29) is 0 Å². The molecule has 0 saturated carbocycles. The van der Waals surface area contributed by atoms with Gasteiger partial charge in [-0.05, 0) is 18.2 Å². The monoisotopic (exact) mass is 322 g/mol. The van der Waals surface area contributed by atoms with Crippen LogP contribution in [0.4, 0.5) is 26.3 Å². The highest BCUT2D eigenvalue weighted by Crippen LogP contribution is 2.45. The minimum absolute atomic E-state index is 0.509. The Kier molecular flexibility index (Phi) is 3.95. The van der Waals surface area contributed by atoms with E-state index >= 15 is 0 Å². The number of para-hydroxylation sites is 1. The lowest BCUT2D eigenvalue weighted by molar-refractivity contribution is -0.274. The van der Waals surface area contributed by atoms with Crippen LogP contribution in [0, 0.1) is 0 Å². The lowest BCUT2D eigenvalue weighted by Crippen LogP contribution is -2.18. The minimum Gasteiger partial charge on any atom is -0.507 e. The van der Waals surface area contributed by atoms with Gasteiger partial charge < -0.3 is 9.84 Å². The summed E-state index contributed by atoms with van der Waals surface area (Å²) in [7, 11) is 0. The Morgan fingerprint density at radius 3 is 2.05 bits per heavy atom. The first-order chi connectivity index (χ1) is 10.1. The molecule has 1 N–H and O–H groups in total. The fourth-order valence-corrected chi connectivity index (χ4v) is 1.95. The Bertz CT molecular complexity index is 676. The Balaban J connectivity index is 2.68. The second-order valence-electron chi connectivity index (χ2n) is 4.24. The van der Waals surface area contributed by atoms with Gasteiger partial charge in [-0.2, -0.15) is 13.2 Å². The lowest BCUT2D eigenvalue weighted by atomic mass is 9.97. The Morgan fingerprint density at radius 2 is 1.45 bits per heavy atom. The average Bonchev–Trinajstić information content (AvgIpc) is 2.36. The van der Waals surface area contributed by atoms with Crippen LogP contribution in [0.1, 0.15) is 5.56 Å². The van der Waals surface area contributed by atoms with E-state index in [2.05, 4.69) is 4.74 Å². The highest BCUT2D eigenvalue weighted by atomic mass is 19.4. The summed E-state index contributed by atoms with van der Waals surface area (Å²) in [4.78, 5) is 0. The largest absolute Gasteiger partial charge is 0.573 e. The number of benzene rings is 2. The van der Waals surface area contributed by atoms with E-state index in [1.165, 1.54) is 12.1 Å². The molecule has 0 aliphatic heterocycles. The maximum atomic E-state index is 13.0. The van der Waals surface area contributed by atoms with Crippen LogP contribution in [0.5, 0.6) is 11.5 Å². The van der Waals surface area contributed by atoms with E-state index < -0.39 is 40.7 Å². The molecule has 8 heteroatoms. The molecule has 0 amide bonds. The van der Waals surface area contributed by atoms with Crippen molar-refractivity contribution in [1.82, 2.24) is 0 Å². The van der Waals surface area contributed by atoms with Crippen molar-refractivity contribution < 1.29 is 36.2 Å². The summed E-state index contributed by atoms with van der Waals surface area (Å²) >= 11 is 0. The normalized spacial score (nSPS) is 12.3. The van der Waals surface area contributed by atoms with E-state index in [1.807, 2.05) is 0 Å². The molecule has 0 bridgehead atoms. The maximum Gasteiger partial charge on any atom is 0.573 e. The van der Waals surface area contributed by atoms with Crippen LogP contribution in [-0.4, -0.2) is 11.5 Å². The molecular weight excluding hydrogens is 314 g/mol. The average molecular weight is 322 g/mol. The second kappa shape index (κ2) is 5.43. The lowest BCUT2D eigenvalue weighted by Gasteiger charge is -2.18. The molecule has 2 aromatic rings. The molecule has 0 spiro atoms. The summed E-state index contributed by atoms with van der Waals surface area (Å²) in [5, 5.41) is 9.69. The number of aromatic hydroxyl groups is 1. The van der Waals surface area contributed by atoms with Crippen molar-refractivity contribution in [2.45, 2.75) is 12.5 Å². The van der Waals surface area contributed by atoms with Gasteiger partial charge in [0.05, 0.1) is 5.56 Å². The fourth-order valence-electron chi connectivity index (χ4n) is 1.95. The number of rotatable bonds is 2. The van der Waals surface area contributed by atoms with E-state index in [4.69, 9.17) is 0 Å². The highest BCUT2D eigenvalue weighted by molar-refractivity contribution is 5.79. The highest BCUT2D eigenvalue weighted by Gasteiger charge is 2.37. The van der Waals surface area contributed by atoms with Gasteiger partial charge in [-0.15, -0.1) is 13.2 Å². The third-order valence-electron chi connectivity index (χ3n) is 2.73. The molecule has 118 valence electrons. The summed E-state index contributed by atoms with van der Waals surface area (Å²) in [5.41, 5.74) is -2.54. The number of alkyl halides is 6. The molecule has 22 heavy (non-hydrogen) atoms. The van der Waals surface area contributed by atoms with Gasteiger partial charge in [0.25, 0.3) is 0 Å². The summed E-state index contributed by atoms with van der Waals surface area (Å²) in [6.45, 7) is 0. The molecule has 0 aliphatic rings. The van der Waals surface area contributed by atoms with Crippen molar-refractivity contribution in [2.75, 3.05) is 0 Å². The third kappa shape index (κ3) is 3.44. The molecule has 0 heterocycles. The smallest absolute Gasteiger partial charge is 0.507 e. The molecule has 0 fully saturated rings. The fraction of sp³-hybridized carbons (Fsp3) is 0.143. The number of hydrogen-bond acceptors (Lipinski definition) is 2. The standard InChI is InChI=1S/C14H8F6O2/c15-13(16,17)9-5-3-6-10(21)12(9)8-4-1-2-7-11(8)22-14(18,19)20/h1-7,21H. The van der Waals surface area contributed by atoms with Gasteiger partial charge in [-0.25, -0.2) is 0 Å². The van der Waals surface area contributed by atoms with Gasteiger partial charge in [0.15, 0.2) is 0 Å². The van der Waals surface area contributed by atoms with E-state index in [9.17, 15) is 31.4 Å². The van der Waals surface area contributed by atoms with Gasteiger partial charge in [-0.3, -0.25) is 0 Å². The van der Waals surface area contributed by atoms with Crippen LogP contribution in [0.25, 0.3) is 11.1 Å². The van der Waals surface area contributed by atoms with Gasteiger partial charge in [0, 0.05) is 11.1 Å². The zero-order valence-corrected chi connectivity index (χ0v) is 10.7. The molecule has 0 radical (unpaired) electrons. The second-order valence-corrected chi connectivity index (χ2v) is 4.24. The Morgan fingerprint density at radius 1 is 0.818 bits per heavy atom. The Labute approximate surface area is 120 Å². The molecule has 2 aromatic carbocycles. The summed E-state index contributed by atoms with van der Waals surface area (Å²) in [6.07, 6.45) is -9.92. The van der Waals surface area contributed by atoms with Gasteiger partial charge in [0.1, 0.15) is 11.5 Å². The summed E-state index contributed by atoms with van der Waals surface area (Å²) in [5.74, 6) is -1.63. The van der Waals surface area contributed by atoms with Crippen LogP contribution in [0.2, 0.25) is 0 Å². The summed E-state index contributed by atoms with van der Waals surface area (Å²) < 4.78 is 79.9. The van der Waals surface area contributed by atoms with Crippen LogP contribution < -0.4 is 4.74 Å². The zero-order chi connectivity index (χ0) is 16.5. The molecular formula is C14H8F6O2. The van der Waals surface area contributed by atoms with Gasteiger partial charge in [-0.1, -0.05) is 24.3 Å². The topological polar surface area (TPSA) is 29.5 Å². The van der Waals surface area contributed by atoms with Crippen molar-refractivity contribution in [2.24, 2.45) is 0 Å². The van der Waals surface area contributed by atoms with Crippen molar-refractivity contribution in [1.29, 1.82) is 0 Å². The first-order valence-corrected chi connectivity index (χ1v) is 5.84. The van der Waals surface area contributed by atoms with Crippen molar-refractivity contribution >= 4 is 0 Å². The number of halogens is 6. The molecule has 0 atom stereocenters. The van der Waals surface area contributed by atoms with Crippen LogP contribution in [-0.2, 0) is 6.18 Å². The first kappa shape index (κ1) is 16.0. The molecule has 2 nitrogen and oxygen atoms in total. The number of ether oxygens (including phenoxy) is 1. The molecule has 0 aliphatic carbocycles. The molecule has 0 aromatic heterocycles. The van der Waals surface area contributed by atoms with Crippen LogP contribution in [0.3, 0.4) is 0 Å². The van der Waals surface area contributed by atoms with Crippen LogP contribution in [0.15, 0.2) is 42.5 Å². The van der Waals surface area contributed by atoms with E-state index in [0.717, 1.165) is 24.3 Å². The van der Waals surface area contributed by atoms with E-state index in [0.29, 0.717) is 6.07 Å². The molecule has 2 rings (SSSR count). The number of phenols is 1. The number of phenolic OH excluding ortho intramolecular Hbond substituents is 1. The number of hydrogen-bond donors (Lipinski definition) is 1. The first-order valence-electron chi connectivity index (χ1n) is 5.84. The van der Waals surface area contributed by atoms with Crippen molar-refractivity contribution in [3.05, 3.63) is 48.0 Å². The third-order valence-corrected chi connectivity index (χ3v) is 2.73. The predicted octanol–water partition coefficient (Wildman–Crippen LogP) is 4.98. The Hall–Kier alpha value is -2.38.